The van der Waals surface area contributed by atoms with Crippen molar-refractivity contribution in [3.05, 3.63) is 35.5 Å². The number of alkyl halides is 1. The molecule has 0 aliphatic heterocycles. The van der Waals surface area contributed by atoms with Crippen molar-refractivity contribution in [2.45, 2.75) is 109 Å². The Bertz CT molecular complexity index is 718. The van der Waals surface area contributed by atoms with Gasteiger partial charge in [0.05, 0.1) is 18.3 Å². The summed E-state index contributed by atoms with van der Waals surface area (Å²) in [6, 6.07) is 0. The van der Waals surface area contributed by atoms with Crippen LogP contribution >= 0.6 is 0 Å². The van der Waals surface area contributed by atoms with Gasteiger partial charge in [0.1, 0.15) is 5.67 Å². The van der Waals surface area contributed by atoms with Crippen LogP contribution in [0.3, 0.4) is 0 Å². The predicted molar refractivity (Wildman–Crippen MR) is 124 cm³/mol. The zero-order chi connectivity index (χ0) is 23.0. The maximum Gasteiger partial charge on any atom is 0.131 e. The topological polar surface area (TPSA) is 60.7 Å². The summed E-state index contributed by atoms with van der Waals surface area (Å²) >= 11 is 0. The van der Waals surface area contributed by atoms with Gasteiger partial charge < -0.3 is 15.3 Å². The molecule has 3 aliphatic carbocycles. The molecule has 3 nitrogen and oxygen atoms in total. The Morgan fingerprint density at radius 3 is 2.61 bits per heavy atom. The highest BCUT2D eigenvalue weighted by Gasteiger charge is 2.50. The molecule has 0 aromatic carbocycles. The Morgan fingerprint density at radius 1 is 1.23 bits per heavy atom. The average molecular weight is 435 g/mol. The molecule has 0 heterocycles. The van der Waals surface area contributed by atoms with Gasteiger partial charge in [-0.05, 0) is 99.5 Å². The quantitative estimate of drug-likeness (QED) is 0.506. The SMILES string of the molecule is C=C1/C(=C\C=C2/CCC[C@]3(C)[C@@H]([C@H](C)CC[C@H](O)C(C)(C)F)CC[C@@H]23)C[C@@H](O)C[C@@H]1O. The Balaban J connectivity index is 1.71. The number of allylic oxidation sites excluding steroid dienone is 3. The zero-order valence-electron chi connectivity index (χ0n) is 19.9. The Hall–Kier alpha value is -0.970. The van der Waals surface area contributed by atoms with Crippen LogP contribution in [-0.4, -0.2) is 39.3 Å². The summed E-state index contributed by atoms with van der Waals surface area (Å²) in [5, 5.41) is 30.3. The van der Waals surface area contributed by atoms with E-state index in [0.29, 0.717) is 37.0 Å². The molecule has 3 N–H and O–H groups in total. The minimum absolute atomic E-state index is 0.251. The molecular formula is C27H43FO3. The number of halogens is 1. The van der Waals surface area contributed by atoms with Gasteiger partial charge in [0.25, 0.3) is 0 Å². The van der Waals surface area contributed by atoms with Crippen LogP contribution in [0.1, 0.15) is 85.5 Å². The van der Waals surface area contributed by atoms with Crippen molar-refractivity contribution in [2.75, 3.05) is 0 Å². The van der Waals surface area contributed by atoms with Crippen molar-refractivity contribution in [3.63, 3.8) is 0 Å². The van der Waals surface area contributed by atoms with E-state index in [-0.39, 0.29) is 5.41 Å². The van der Waals surface area contributed by atoms with Gasteiger partial charge in [-0.15, -0.1) is 0 Å². The van der Waals surface area contributed by atoms with E-state index in [2.05, 4.69) is 32.6 Å². The summed E-state index contributed by atoms with van der Waals surface area (Å²) in [6.07, 6.45) is 10.5. The molecule has 0 saturated heterocycles. The summed E-state index contributed by atoms with van der Waals surface area (Å²) in [7, 11) is 0. The zero-order valence-corrected chi connectivity index (χ0v) is 19.9. The number of hydrogen-bond donors (Lipinski definition) is 3. The van der Waals surface area contributed by atoms with Gasteiger partial charge in [-0.2, -0.15) is 0 Å². The molecule has 3 fully saturated rings. The summed E-state index contributed by atoms with van der Waals surface area (Å²) in [6.45, 7) is 11.7. The molecular weight excluding hydrogens is 391 g/mol. The van der Waals surface area contributed by atoms with Gasteiger partial charge >= 0.3 is 0 Å². The fourth-order valence-corrected chi connectivity index (χ4v) is 6.64. The van der Waals surface area contributed by atoms with Crippen LogP contribution in [0, 0.1) is 23.2 Å². The molecule has 0 bridgehead atoms. The smallest absolute Gasteiger partial charge is 0.131 e. The number of hydrogen-bond acceptors (Lipinski definition) is 3. The molecule has 0 aromatic rings. The molecule has 0 unspecified atom stereocenters. The summed E-state index contributed by atoms with van der Waals surface area (Å²) < 4.78 is 14.0. The summed E-state index contributed by atoms with van der Waals surface area (Å²) in [5.74, 6) is 1.62. The first-order valence-electron chi connectivity index (χ1n) is 12.3. The second-order valence-corrected chi connectivity index (χ2v) is 11.3. The minimum atomic E-state index is -1.54. The third kappa shape index (κ3) is 5.34. The third-order valence-corrected chi connectivity index (χ3v) is 8.68. The first kappa shape index (κ1) is 24.7. The molecule has 176 valence electrons. The fraction of sp³-hybridized carbons (Fsp3) is 0.778. The minimum Gasteiger partial charge on any atom is -0.393 e. The lowest BCUT2D eigenvalue weighted by atomic mass is 9.60. The van der Waals surface area contributed by atoms with E-state index in [1.807, 2.05) is 0 Å². The fourth-order valence-electron chi connectivity index (χ4n) is 6.64. The molecule has 0 spiro atoms. The van der Waals surface area contributed by atoms with Crippen LogP contribution in [0.5, 0.6) is 0 Å². The Kier molecular flexibility index (Phi) is 7.55. The Morgan fingerprint density at radius 2 is 1.94 bits per heavy atom. The van der Waals surface area contributed by atoms with Crippen molar-refractivity contribution >= 4 is 0 Å². The van der Waals surface area contributed by atoms with E-state index >= 15 is 0 Å². The van der Waals surface area contributed by atoms with Crippen LogP contribution in [0.25, 0.3) is 0 Å². The number of fused-ring (bicyclic) bond motifs is 1. The Labute approximate surface area is 188 Å². The molecule has 0 aromatic heterocycles. The van der Waals surface area contributed by atoms with E-state index in [1.54, 1.807) is 0 Å². The molecule has 31 heavy (non-hydrogen) atoms. The van der Waals surface area contributed by atoms with Crippen LogP contribution in [-0.2, 0) is 0 Å². The van der Waals surface area contributed by atoms with Crippen LogP contribution in [0.4, 0.5) is 4.39 Å². The third-order valence-electron chi connectivity index (χ3n) is 8.68. The molecule has 4 heteroatoms. The predicted octanol–water partition coefficient (Wildman–Crippen LogP) is 5.65. The van der Waals surface area contributed by atoms with E-state index in [4.69, 9.17) is 0 Å². The van der Waals surface area contributed by atoms with Gasteiger partial charge in [0.15, 0.2) is 0 Å². The largest absolute Gasteiger partial charge is 0.393 e. The lowest BCUT2D eigenvalue weighted by Crippen LogP contribution is -2.37. The highest BCUT2D eigenvalue weighted by Crippen LogP contribution is 2.60. The van der Waals surface area contributed by atoms with Crippen molar-refractivity contribution in [1.29, 1.82) is 0 Å². The average Bonchev–Trinajstić information content (AvgIpc) is 3.04. The van der Waals surface area contributed by atoms with Crippen LogP contribution in [0.15, 0.2) is 35.5 Å². The van der Waals surface area contributed by atoms with Gasteiger partial charge in [0.2, 0.25) is 0 Å². The van der Waals surface area contributed by atoms with E-state index in [0.717, 1.165) is 24.0 Å². The standard InChI is InChI=1S/C27H43FO3/c1-17(8-13-25(31)26(3,4)28)22-11-12-23-19(7-6-14-27(22,23)5)9-10-20-15-21(29)16-24(30)18(20)2/h9-10,17,21-25,29-31H,2,6-8,11-16H2,1,3-5H3/b19-9+,20-10-/t17-,21-,22-,23+,24+,25+,27-/m1/s1. The van der Waals surface area contributed by atoms with Gasteiger partial charge in [-0.25, -0.2) is 4.39 Å². The first-order valence-corrected chi connectivity index (χ1v) is 12.3. The van der Waals surface area contributed by atoms with E-state index < -0.39 is 24.0 Å². The lowest BCUT2D eigenvalue weighted by molar-refractivity contribution is 0.00301. The van der Waals surface area contributed by atoms with Crippen molar-refractivity contribution in [2.24, 2.45) is 23.2 Å². The molecule has 0 amide bonds. The molecule has 3 rings (SSSR count). The lowest BCUT2D eigenvalue weighted by Gasteiger charge is -2.44. The van der Waals surface area contributed by atoms with Crippen LogP contribution < -0.4 is 0 Å². The van der Waals surface area contributed by atoms with E-state index in [1.165, 1.54) is 45.1 Å². The monoisotopic (exact) mass is 434 g/mol. The van der Waals surface area contributed by atoms with Gasteiger partial charge in [-0.1, -0.05) is 38.2 Å². The van der Waals surface area contributed by atoms with Gasteiger partial charge in [0, 0.05) is 6.42 Å². The maximum absolute atomic E-state index is 14.0. The molecule has 0 radical (unpaired) electrons. The summed E-state index contributed by atoms with van der Waals surface area (Å²) in [5.41, 5.74) is 1.91. The number of aliphatic hydroxyl groups excluding tert-OH is 3. The molecule has 3 saturated carbocycles. The number of aliphatic hydroxyl groups is 3. The van der Waals surface area contributed by atoms with Crippen molar-refractivity contribution < 1.29 is 19.7 Å². The second kappa shape index (κ2) is 9.49. The van der Waals surface area contributed by atoms with Crippen LogP contribution in [0.2, 0.25) is 0 Å². The van der Waals surface area contributed by atoms with E-state index in [9.17, 15) is 19.7 Å². The second-order valence-electron chi connectivity index (χ2n) is 11.3. The highest BCUT2D eigenvalue weighted by molar-refractivity contribution is 5.38. The van der Waals surface area contributed by atoms with Gasteiger partial charge in [-0.3, -0.25) is 0 Å². The highest BCUT2D eigenvalue weighted by atomic mass is 19.1. The molecule has 7 atom stereocenters. The van der Waals surface area contributed by atoms with Crippen molar-refractivity contribution in [3.8, 4) is 0 Å². The molecule has 3 aliphatic rings. The summed E-state index contributed by atoms with van der Waals surface area (Å²) in [4.78, 5) is 0. The normalized spacial score (nSPS) is 39.0. The maximum atomic E-state index is 14.0. The number of rotatable bonds is 6. The first-order chi connectivity index (χ1) is 14.4. The van der Waals surface area contributed by atoms with Crippen molar-refractivity contribution in [1.82, 2.24) is 0 Å².